The first-order valence-corrected chi connectivity index (χ1v) is 5.97. The minimum Gasteiger partial charge on any atom is -0.465 e. The molecule has 1 aromatic heterocycles. The topological polar surface area (TPSA) is 75.4 Å². The molecule has 0 fully saturated rings. The summed E-state index contributed by atoms with van der Waals surface area (Å²) in [5, 5.41) is 8.73. The number of esters is 1. The van der Waals surface area contributed by atoms with Gasteiger partial charge in [-0.2, -0.15) is 5.26 Å². The molecule has 0 unspecified atom stereocenters. The normalized spacial score (nSPS) is 9.74. The fourth-order valence-corrected chi connectivity index (χ4v) is 1.48. The van der Waals surface area contributed by atoms with E-state index in [1.807, 2.05) is 6.07 Å². The van der Waals surface area contributed by atoms with Crippen molar-refractivity contribution in [3.63, 3.8) is 0 Å². The lowest BCUT2D eigenvalue weighted by molar-refractivity contribution is -0.141. The zero-order chi connectivity index (χ0) is 14.1. The lowest BCUT2D eigenvalue weighted by Crippen LogP contribution is -2.34. The van der Waals surface area contributed by atoms with E-state index in [0.717, 1.165) is 0 Å². The van der Waals surface area contributed by atoms with Gasteiger partial charge in [-0.15, -0.1) is 0 Å². The van der Waals surface area contributed by atoms with Gasteiger partial charge >= 0.3 is 5.97 Å². The first-order chi connectivity index (χ1) is 9.21. The van der Waals surface area contributed by atoms with E-state index >= 15 is 0 Å². The fourth-order valence-electron chi connectivity index (χ4n) is 1.48. The van der Waals surface area contributed by atoms with Crippen LogP contribution in [0, 0.1) is 11.3 Å². The highest BCUT2D eigenvalue weighted by atomic mass is 16.5. The first kappa shape index (κ1) is 14.9. The van der Waals surface area contributed by atoms with Crippen molar-refractivity contribution in [3.8, 4) is 6.07 Å². The zero-order valence-electron chi connectivity index (χ0n) is 11.1. The number of methoxy groups -OCH3 is 1. The molecule has 0 saturated heterocycles. The third-order valence-corrected chi connectivity index (χ3v) is 2.39. The molecule has 6 heteroatoms. The maximum Gasteiger partial charge on any atom is 0.325 e. The standard InChI is InChI=1S/C13H17N3O3/c1-3-19-13(17)10-16(6-7-18-2)12-5-4-11(8-14)9-15-12/h4-5,9H,3,6-7,10H2,1-2H3. The number of ether oxygens (including phenoxy) is 2. The summed E-state index contributed by atoms with van der Waals surface area (Å²) in [4.78, 5) is 17.4. The molecule has 1 rings (SSSR count). The Hall–Kier alpha value is -2.13. The van der Waals surface area contributed by atoms with E-state index in [4.69, 9.17) is 14.7 Å². The molecule has 0 radical (unpaired) electrons. The quantitative estimate of drug-likeness (QED) is 0.682. The Morgan fingerprint density at radius 1 is 1.53 bits per heavy atom. The van der Waals surface area contributed by atoms with Crippen molar-refractivity contribution in [2.45, 2.75) is 6.92 Å². The maximum atomic E-state index is 11.5. The van der Waals surface area contributed by atoms with Crippen molar-refractivity contribution in [3.05, 3.63) is 23.9 Å². The summed E-state index contributed by atoms with van der Waals surface area (Å²) < 4.78 is 9.92. The van der Waals surface area contributed by atoms with Crippen LogP contribution in [0.4, 0.5) is 5.82 Å². The second-order valence-electron chi connectivity index (χ2n) is 3.74. The van der Waals surface area contributed by atoms with Gasteiger partial charge in [0.25, 0.3) is 0 Å². The van der Waals surface area contributed by atoms with Crippen molar-refractivity contribution in [2.24, 2.45) is 0 Å². The zero-order valence-corrected chi connectivity index (χ0v) is 11.1. The van der Waals surface area contributed by atoms with E-state index in [1.165, 1.54) is 6.20 Å². The summed E-state index contributed by atoms with van der Waals surface area (Å²) in [5.41, 5.74) is 0.478. The Morgan fingerprint density at radius 3 is 2.84 bits per heavy atom. The van der Waals surface area contributed by atoms with Gasteiger partial charge in [0.15, 0.2) is 0 Å². The number of hydrogen-bond donors (Lipinski definition) is 0. The van der Waals surface area contributed by atoms with Crippen LogP contribution in [0.15, 0.2) is 18.3 Å². The van der Waals surface area contributed by atoms with Gasteiger partial charge in [-0.1, -0.05) is 0 Å². The van der Waals surface area contributed by atoms with Crippen LogP contribution in [-0.2, 0) is 14.3 Å². The Morgan fingerprint density at radius 2 is 2.32 bits per heavy atom. The SMILES string of the molecule is CCOC(=O)CN(CCOC)c1ccc(C#N)cn1. The summed E-state index contributed by atoms with van der Waals surface area (Å²) in [5.74, 6) is 0.300. The molecule has 0 bridgehead atoms. The second-order valence-corrected chi connectivity index (χ2v) is 3.74. The van der Waals surface area contributed by atoms with Crippen LogP contribution >= 0.6 is 0 Å². The molecule has 0 aliphatic rings. The van der Waals surface area contributed by atoms with Gasteiger partial charge in [0.1, 0.15) is 18.4 Å². The summed E-state index contributed by atoms with van der Waals surface area (Å²) in [6, 6.07) is 5.36. The van der Waals surface area contributed by atoms with Gasteiger partial charge in [-0.25, -0.2) is 4.98 Å². The van der Waals surface area contributed by atoms with Gasteiger partial charge in [0.2, 0.25) is 0 Å². The maximum absolute atomic E-state index is 11.5. The van der Waals surface area contributed by atoms with Crippen LogP contribution in [0.1, 0.15) is 12.5 Å². The van der Waals surface area contributed by atoms with E-state index in [-0.39, 0.29) is 12.5 Å². The van der Waals surface area contributed by atoms with Crippen molar-refractivity contribution >= 4 is 11.8 Å². The number of nitrogens with zero attached hydrogens (tertiary/aromatic N) is 3. The average Bonchev–Trinajstić information content (AvgIpc) is 2.44. The molecule has 0 saturated carbocycles. The number of carbonyl (C=O) groups is 1. The van der Waals surface area contributed by atoms with E-state index in [9.17, 15) is 4.79 Å². The van der Waals surface area contributed by atoms with E-state index in [2.05, 4.69) is 4.98 Å². The summed E-state index contributed by atoms with van der Waals surface area (Å²) in [7, 11) is 1.59. The number of hydrogen-bond acceptors (Lipinski definition) is 6. The summed E-state index contributed by atoms with van der Waals surface area (Å²) >= 11 is 0. The molecule has 0 aromatic carbocycles. The van der Waals surface area contributed by atoms with Gasteiger partial charge in [0.05, 0.1) is 18.8 Å². The Labute approximate surface area is 112 Å². The molecule has 1 aromatic rings. The van der Waals surface area contributed by atoms with Gasteiger partial charge in [-0.05, 0) is 19.1 Å². The molecular formula is C13H17N3O3. The van der Waals surface area contributed by atoms with Crippen LogP contribution in [0.2, 0.25) is 0 Å². The van der Waals surface area contributed by atoms with Gasteiger partial charge in [0, 0.05) is 19.9 Å². The smallest absolute Gasteiger partial charge is 0.325 e. The molecule has 0 N–H and O–H groups in total. The number of nitriles is 1. The number of rotatable bonds is 7. The summed E-state index contributed by atoms with van der Waals surface area (Å²) in [6.07, 6.45) is 1.47. The van der Waals surface area contributed by atoms with E-state index < -0.39 is 0 Å². The Kier molecular flexibility index (Phi) is 6.33. The predicted molar refractivity (Wildman–Crippen MR) is 69.7 cm³/mol. The molecule has 1 heterocycles. The number of pyridine rings is 1. The molecular weight excluding hydrogens is 246 g/mol. The van der Waals surface area contributed by atoms with Crippen LogP contribution in [-0.4, -0.2) is 44.4 Å². The Bertz CT molecular complexity index is 439. The summed E-state index contributed by atoms with van der Waals surface area (Å²) in [6.45, 7) is 3.21. The first-order valence-electron chi connectivity index (χ1n) is 5.97. The average molecular weight is 263 g/mol. The second kappa shape index (κ2) is 8.06. The van der Waals surface area contributed by atoms with E-state index in [0.29, 0.717) is 31.1 Å². The Balaban J connectivity index is 2.76. The monoisotopic (exact) mass is 263 g/mol. The largest absolute Gasteiger partial charge is 0.465 e. The minimum absolute atomic E-state index is 0.107. The lowest BCUT2D eigenvalue weighted by atomic mass is 10.3. The van der Waals surface area contributed by atoms with Crippen LogP contribution in [0.5, 0.6) is 0 Å². The highest BCUT2D eigenvalue weighted by molar-refractivity contribution is 5.75. The molecule has 19 heavy (non-hydrogen) atoms. The highest BCUT2D eigenvalue weighted by Gasteiger charge is 2.13. The van der Waals surface area contributed by atoms with Crippen molar-refractivity contribution in [1.82, 2.24) is 4.98 Å². The molecule has 102 valence electrons. The lowest BCUT2D eigenvalue weighted by Gasteiger charge is -2.22. The third kappa shape index (κ3) is 4.94. The molecule has 6 nitrogen and oxygen atoms in total. The van der Waals surface area contributed by atoms with Crippen LogP contribution in [0.25, 0.3) is 0 Å². The number of aromatic nitrogens is 1. The highest BCUT2D eigenvalue weighted by Crippen LogP contribution is 2.11. The molecule has 0 atom stereocenters. The molecule has 0 aliphatic carbocycles. The molecule has 0 spiro atoms. The third-order valence-electron chi connectivity index (χ3n) is 2.39. The fraction of sp³-hybridized carbons (Fsp3) is 0.462. The van der Waals surface area contributed by atoms with Crippen LogP contribution < -0.4 is 4.90 Å². The van der Waals surface area contributed by atoms with Crippen molar-refractivity contribution in [1.29, 1.82) is 5.26 Å². The molecule has 0 amide bonds. The van der Waals surface area contributed by atoms with Gasteiger partial charge < -0.3 is 14.4 Å². The van der Waals surface area contributed by atoms with Gasteiger partial charge in [-0.3, -0.25) is 4.79 Å². The minimum atomic E-state index is -0.315. The van der Waals surface area contributed by atoms with Crippen molar-refractivity contribution < 1.29 is 14.3 Å². The molecule has 0 aliphatic heterocycles. The predicted octanol–water partition coefficient (Wildman–Crippen LogP) is 0.969. The number of carbonyl (C=O) groups excluding carboxylic acids is 1. The van der Waals surface area contributed by atoms with Crippen molar-refractivity contribution in [2.75, 3.05) is 38.3 Å². The number of anilines is 1. The van der Waals surface area contributed by atoms with Crippen LogP contribution in [0.3, 0.4) is 0 Å². The van der Waals surface area contributed by atoms with E-state index in [1.54, 1.807) is 31.1 Å².